The second-order valence-corrected chi connectivity index (χ2v) is 10.9. The third kappa shape index (κ3) is 4.36. The standard InChI is InChI=1S/C25H31N3O4S/c1-17-5-6-19(3)23(15-17)26-11-13-27(14-12-26)25(30)22-9-10-24(29)28(22)33(31,32)21-8-7-18(2)20(4)16-21/h5-8,15-16,22H,9-14H2,1-4H3/t22-/m1/s1. The zero-order valence-electron chi connectivity index (χ0n) is 19.7. The van der Waals surface area contributed by atoms with Gasteiger partial charge in [0.05, 0.1) is 4.90 Å². The molecule has 0 radical (unpaired) electrons. The molecule has 0 aliphatic carbocycles. The van der Waals surface area contributed by atoms with Crippen LogP contribution in [0.25, 0.3) is 0 Å². The van der Waals surface area contributed by atoms with Crippen LogP contribution in [0.5, 0.6) is 0 Å². The lowest BCUT2D eigenvalue weighted by Crippen LogP contribution is -2.55. The fourth-order valence-electron chi connectivity index (χ4n) is 4.61. The molecule has 4 rings (SSSR count). The molecule has 2 fully saturated rings. The van der Waals surface area contributed by atoms with Gasteiger partial charge in [-0.3, -0.25) is 9.59 Å². The number of sulfonamides is 1. The second-order valence-electron chi connectivity index (χ2n) is 9.10. The van der Waals surface area contributed by atoms with Crippen LogP contribution in [0, 0.1) is 27.7 Å². The first-order chi connectivity index (χ1) is 15.6. The SMILES string of the molecule is Cc1ccc(C)c(N2CCN(C(=O)[C@H]3CCC(=O)N3S(=O)(=O)c3ccc(C)c(C)c3)CC2)c1. The third-order valence-corrected chi connectivity index (χ3v) is 8.60. The molecule has 0 spiro atoms. The summed E-state index contributed by atoms with van der Waals surface area (Å²) in [6.07, 6.45) is 0.280. The fraction of sp³-hybridized carbons (Fsp3) is 0.440. The van der Waals surface area contributed by atoms with Crippen LogP contribution in [0.3, 0.4) is 0 Å². The third-order valence-electron chi connectivity index (χ3n) is 6.78. The Morgan fingerprint density at radius 1 is 0.879 bits per heavy atom. The highest BCUT2D eigenvalue weighted by Gasteiger charge is 2.46. The second kappa shape index (κ2) is 8.82. The van der Waals surface area contributed by atoms with Crippen LogP contribution in [0.15, 0.2) is 41.3 Å². The summed E-state index contributed by atoms with van der Waals surface area (Å²) in [4.78, 5) is 30.0. The van der Waals surface area contributed by atoms with Crippen LogP contribution in [0.1, 0.15) is 35.1 Å². The van der Waals surface area contributed by atoms with Gasteiger partial charge in [0.1, 0.15) is 6.04 Å². The summed E-state index contributed by atoms with van der Waals surface area (Å²) in [6, 6.07) is 10.2. The van der Waals surface area contributed by atoms with Crippen molar-refractivity contribution in [2.45, 2.75) is 51.5 Å². The van der Waals surface area contributed by atoms with E-state index in [0.717, 1.165) is 21.1 Å². The minimum absolute atomic E-state index is 0.0541. The van der Waals surface area contributed by atoms with Crippen LogP contribution in [0.2, 0.25) is 0 Å². The molecule has 0 bridgehead atoms. The smallest absolute Gasteiger partial charge is 0.267 e. The number of amides is 2. The first-order valence-electron chi connectivity index (χ1n) is 11.3. The Bertz CT molecular complexity index is 1200. The van der Waals surface area contributed by atoms with E-state index in [-0.39, 0.29) is 23.6 Å². The molecule has 2 amide bonds. The van der Waals surface area contributed by atoms with E-state index in [9.17, 15) is 18.0 Å². The van der Waals surface area contributed by atoms with E-state index in [4.69, 9.17) is 0 Å². The number of carbonyl (C=O) groups excluding carboxylic acids is 2. The van der Waals surface area contributed by atoms with Crippen molar-refractivity contribution in [3.05, 3.63) is 58.7 Å². The maximum Gasteiger partial charge on any atom is 0.267 e. The van der Waals surface area contributed by atoms with Gasteiger partial charge in [-0.1, -0.05) is 18.2 Å². The minimum Gasteiger partial charge on any atom is -0.368 e. The van der Waals surface area contributed by atoms with Gasteiger partial charge in [-0.2, -0.15) is 0 Å². The van der Waals surface area contributed by atoms with Crippen LogP contribution < -0.4 is 4.90 Å². The zero-order chi connectivity index (χ0) is 23.9. The van der Waals surface area contributed by atoms with Gasteiger partial charge in [0.15, 0.2) is 0 Å². The van der Waals surface area contributed by atoms with E-state index in [1.54, 1.807) is 17.0 Å². The molecule has 8 heteroatoms. The maximum atomic E-state index is 13.4. The molecular formula is C25H31N3O4S. The number of rotatable bonds is 4. The molecular weight excluding hydrogens is 438 g/mol. The molecule has 0 unspecified atom stereocenters. The maximum absolute atomic E-state index is 13.4. The van der Waals surface area contributed by atoms with Gasteiger partial charge in [0, 0.05) is 38.3 Å². The highest BCUT2D eigenvalue weighted by molar-refractivity contribution is 7.89. The lowest BCUT2D eigenvalue weighted by Gasteiger charge is -2.38. The average Bonchev–Trinajstić information content (AvgIpc) is 3.19. The highest BCUT2D eigenvalue weighted by Crippen LogP contribution is 2.30. The normalized spacial score (nSPS) is 19.3. The van der Waals surface area contributed by atoms with Crippen LogP contribution in [-0.4, -0.2) is 61.7 Å². The van der Waals surface area contributed by atoms with E-state index in [1.807, 2.05) is 13.8 Å². The van der Waals surface area contributed by atoms with Gasteiger partial charge in [-0.05, 0) is 74.6 Å². The molecule has 0 aromatic heterocycles. The minimum atomic E-state index is -4.10. The molecule has 2 aliphatic heterocycles. The van der Waals surface area contributed by atoms with E-state index in [2.05, 4.69) is 36.9 Å². The summed E-state index contributed by atoms with van der Waals surface area (Å²) in [5.74, 6) is -0.797. The number of benzene rings is 2. The summed E-state index contributed by atoms with van der Waals surface area (Å²) < 4.78 is 27.5. The fourth-order valence-corrected chi connectivity index (χ4v) is 6.30. The van der Waals surface area contributed by atoms with Crippen LogP contribution >= 0.6 is 0 Å². The lowest BCUT2D eigenvalue weighted by atomic mass is 10.1. The lowest BCUT2D eigenvalue weighted by molar-refractivity contribution is -0.138. The molecule has 2 aromatic rings. The molecule has 2 heterocycles. The Morgan fingerprint density at radius 3 is 2.21 bits per heavy atom. The molecule has 7 nitrogen and oxygen atoms in total. The quantitative estimate of drug-likeness (QED) is 0.688. The van der Waals surface area contributed by atoms with Crippen molar-refractivity contribution in [1.82, 2.24) is 9.21 Å². The Kier molecular flexibility index (Phi) is 6.22. The monoisotopic (exact) mass is 469 g/mol. The number of nitrogens with zero attached hydrogens (tertiary/aromatic N) is 3. The predicted octanol–water partition coefficient (Wildman–Crippen LogP) is 2.95. The summed E-state index contributed by atoms with van der Waals surface area (Å²) in [5, 5.41) is 0. The predicted molar refractivity (Wildman–Crippen MR) is 128 cm³/mol. The van der Waals surface area contributed by atoms with Crippen molar-refractivity contribution >= 4 is 27.5 Å². The Balaban J connectivity index is 1.51. The van der Waals surface area contributed by atoms with Crippen molar-refractivity contribution in [1.29, 1.82) is 0 Å². The molecule has 2 saturated heterocycles. The van der Waals surface area contributed by atoms with Crippen molar-refractivity contribution < 1.29 is 18.0 Å². The highest BCUT2D eigenvalue weighted by atomic mass is 32.2. The van der Waals surface area contributed by atoms with Gasteiger partial charge >= 0.3 is 0 Å². The van der Waals surface area contributed by atoms with E-state index in [1.165, 1.54) is 17.2 Å². The van der Waals surface area contributed by atoms with Crippen LogP contribution in [-0.2, 0) is 19.6 Å². The van der Waals surface area contributed by atoms with Crippen molar-refractivity contribution in [2.24, 2.45) is 0 Å². The number of carbonyl (C=O) groups is 2. The van der Waals surface area contributed by atoms with E-state index in [0.29, 0.717) is 26.2 Å². The molecule has 0 saturated carbocycles. The number of piperazine rings is 1. The molecule has 2 aromatic carbocycles. The van der Waals surface area contributed by atoms with Gasteiger partial charge in [-0.25, -0.2) is 12.7 Å². The molecule has 33 heavy (non-hydrogen) atoms. The topological polar surface area (TPSA) is 78.0 Å². The van der Waals surface area contributed by atoms with E-state index < -0.39 is 22.0 Å². The first-order valence-corrected chi connectivity index (χ1v) is 12.8. The van der Waals surface area contributed by atoms with Gasteiger partial charge in [0.25, 0.3) is 10.0 Å². The molecule has 2 aliphatic rings. The average molecular weight is 470 g/mol. The largest absolute Gasteiger partial charge is 0.368 e. The van der Waals surface area contributed by atoms with Crippen molar-refractivity contribution in [3.8, 4) is 0 Å². The van der Waals surface area contributed by atoms with Crippen LogP contribution in [0.4, 0.5) is 5.69 Å². The summed E-state index contributed by atoms with van der Waals surface area (Å²) >= 11 is 0. The Labute approximate surface area is 196 Å². The Morgan fingerprint density at radius 2 is 1.55 bits per heavy atom. The van der Waals surface area contributed by atoms with E-state index >= 15 is 0 Å². The summed E-state index contributed by atoms with van der Waals surface area (Å²) in [6.45, 7) is 10.2. The zero-order valence-corrected chi connectivity index (χ0v) is 20.5. The summed E-state index contributed by atoms with van der Waals surface area (Å²) in [7, 11) is -4.10. The van der Waals surface area contributed by atoms with Crippen molar-refractivity contribution in [2.75, 3.05) is 31.1 Å². The molecule has 176 valence electrons. The number of anilines is 1. The first kappa shape index (κ1) is 23.3. The Hall–Kier alpha value is -2.87. The van der Waals surface area contributed by atoms with Gasteiger partial charge < -0.3 is 9.80 Å². The van der Waals surface area contributed by atoms with Gasteiger partial charge in [0.2, 0.25) is 11.8 Å². The number of hydrogen-bond acceptors (Lipinski definition) is 5. The van der Waals surface area contributed by atoms with Crippen molar-refractivity contribution in [3.63, 3.8) is 0 Å². The van der Waals surface area contributed by atoms with Gasteiger partial charge in [-0.15, -0.1) is 0 Å². The summed E-state index contributed by atoms with van der Waals surface area (Å²) in [5.41, 5.74) is 5.33. The molecule has 0 N–H and O–H groups in total. The number of aryl methyl sites for hydroxylation is 4. The molecule has 1 atom stereocenters. The number of hydrogen-bond donors (Lipinski definition) is 0.